The molecule has 0 spiro atoms. The van der Waals surface area contributed by atoms with E-state index in [1.165, 1.54) is 40.9 Å². The molecule has 0 amide bonds. The van der Waals surface area contributed by atoms with E-state index in [0.717, 1.165) is 0 Å². The number of hydrogen-bond acceptors (Lipinski definition) is 2. The summed E-state index contributed by atoms with van der Waals surface area (Å²) in [5.74, 6) is 2.55. The van der Waals surface area contributed by atoms with E-state index in [1.54, 1.807) is 0 Å². The molecule has 1 heterocycles. The molecule has 1 nitrogen and oxygen atoms in total. The first kappa shape index (κ1) is 12.1. The van der Waals surface area contributed by atoms with Crippen LogP contribution in [0.15, 0.2) is 42.5 Å². The molecule has 1 unspecified atom stereocenters. The van der Waals surface area contributed by atoms with E-state index in [0.29, 0.717) is 6.04 Å². The van der Waals surface area contributed by atoms with Gasteiger partial charge in [0.05, 0.1) is 0 Å². The van der Waals surface area contributed by atoms with E-state index >= 15 is 0 Å². The van der Waals surface area contributed by atoms with Gasteiger partial charge in [-0.1, -0.05) is 42.5 Å². The largest absolute Gasteiger partial charge is 0.295 e. The highest BCUT2D eigenvalue weighted by atomic mass is 32.2. The Kier molecular flexibility index (Phi) is 3.57. The second-order valence-corrected chi connectivity index (χ2v) is 6.12. The molecule has 1 saturated heterocycles. The first-order valence-corrected chi connectivity index (χ1v) is 7.81. The van der Waals surface area contributed by atoms with Crippen LogP contribution in [-0.4, -0.2) is 29.5 Å². The van der Waals surface area contributed by atoms with Crippen molar-refractivity contribution in [2.24, 2.45) is 0 Å². The third-order valence-electron chi connectivity index (χ3n) is 3.87. The molecular weight excluding hydrogens is 238 g/mol. The average molecular weight is 257 g/mol. The maximum Gasteiger partial charge on any atom is 0.0326 e. The Morgan fingerprint density at radius 2 is 1.72 bits per heavy atom. The van der Waals surface area contributed by atoms with Crippen LogP contribution in [0.25, 0.3) is 10.8 Å². The van der Waals surface area contributed by atoms with Crippen LogP contribution in [0.5, 0.6) is 0 Å². The zero-order valence-electron chi connectivity index (χ0n) is 10.8. The number of fused-ring (bicyclic) bond motifs is 1. The first-order chi connectivity index (χ1) is 8.86. The van der Waals surface area contributed by atoms with Crippen molar-refractivity contribution in [1.82, 2.24) is 4.90 Å². The van der Waals surface area contributed by atoms with E-state index in [1.807, 2.05) is 0 Å². The van der Waals surface area contributed by atoms with Crippen LogP contribution in [0.2, 0.25) is 0 Å². The van der Waals surface area contributed by atoms with E-state index in [9.17, 15) is 0 Å². The fourth-order valence-electron chi connectivity index (χ4n) is 2.78. The Bertz CT molecular complexity index is 526. The van der Waals surface area contributed by atoms with Crippen LogP contribution < -0.4 is 0 Å². The summed E-state index contributed by atoms with van der Waals surface area (Å²) in [6.07, 6.45) is 0. The molecular formula is C16H19NS. The van der Waals surface area contributed by atoms with Gasteiger partial charge in [0, 0.05) is 30.6 Å². The lowest BCUT2D eigenvalue weighted by molar-refractivity contribution is 0.235. The van der Waals surface area contributed by atoms with Crippen molar-refractivity contribution in [2.75, 3.05) is 24.6 Å². The van der Waals surface area contributed by atoms with Crippen molar-refractivity contribution < 1.29 is 0 Å². The number of hydrogen-bond donors (Lipinski definition) is 0. The molecule has 0 N–H and O–H groups in total. The average Bonchev–Trinajstić information content (AvgIpc) is 2.47. The Morgan fingerprint density at radius 1 is 1.00 bits per heavy atom. The maximum atomic E-state index is 2.61. The van der Waals surface area contributed by atoms with Gasteiger partial charge in [0.2, 0.25) is 0 Å². The van der Waals surface area contributed by atoms with Crippen molar-refractivity contribution in [1.29, 1.82) is 0 Å². The Balaban J connectivity index is 1.97. The fraction of sp³-hybridized carbons (Fsp3) is 0.375. The van der Waals surface area contributed by atoms with Crippen molar-refractivity contribution >= 4 is 22.5 Å². The van der Waals surface area contributed by atoms with Crippen molar-refractivity contribution in [2.45, 2.75) is 13.0 Å². The monoisotopic (exact) mass is 257 g/mol. The summed E-state index contributed by atoms with van der Waals surface area (Å²) in [4.78, 5) is 2.61. The standard InChI is InChI=1S/C16H19NS/c1-13(17-9-11-18-12-10-17)15-8-4-6-14-5-2-3-7-16(14)15/h2-8,13H,9-12H2,1H3. The summed E-state index contributed by atoms with van der Waals surface area (Å²) in [6.45, 7) is 4.78. The molecule has 1 fully saturated rings. The lowest BCUT2D eigenvalue weighted by Crippen LogP contribution is -2.34. The van der Waals surface area contributed by atoms with E-state index in [2.05, 4.69) is 66.1 Å². The van der Waals surface area contributed by atoms with Gasteiger partial charge in [-0.2, -0.15) is 11.8 Å². The van der Waals surface area contributed by atoms with Crippen LogP contribution in [0.1, 0.15) is 18.5 Å². The third-order valence-corrected chi connectivity index (χ3v) is 4.81. The van der Waals surface area contributed by atoms with Crippen molar-refractivity contribution in [3.05, 3.63) is 48.0 Å². The van der Waals surface area contributed by atoms with Crippen LogP contribution in [0.3, 0.4) is 0 Å². The highest BCUT2D eigenvalue weighted by Crippen LogP contribution is 2.29. The molecule has 2 aromatic rings. The van der Waals surface area contributed by atoms with Crippen molar-refractivity contribution in [3.63, 3.8) is 0 Å². The third kappa shape index (κ3) is 2.27. The Labute approximate surface area is 113 Å². The molecule has 0 aliphatic carbocycles. The summed E-state index contributed by atoms with van der Waals surface area (Å²) in [5.41, 5.74) is 1.47. The van der Waals surface area contributed by atoms with Crippen LogP contribution in [0.4, 0.5) is 0 Å². The summed E-state index contributed by atoms with van der Waals surface area (Å²) < 4.78 is 0. The van der Waals surface area contributed by atoms with Gasteiger partial charge in [0.15, 0.2) is 0 Å². The molecule has 18 heavy (non-hydrogen) atoms. The van der Waals surface area contributed by atoms with Gasteiger partial charge >= 0.3 is 0 Å². The molecule has 2 aromatic carbocycles. The molecule has 0 aromatic heterocycles. The zero-order valence-corrected chi connectivity index (χ0v) is 11.6. The molecule has 0 saturated carbocycles. The predicted octanol–water partition coefficient (Wildman–Crippen LogP) is 3.95. The summed E-state index contributed by atoms with van der Waals surface area (Å²) in [6, 6.07) is 15.9. The quantitative estimate of drug-likeness (QED) is 0.801. The molecule has 1 aliphatic rings. The summed E-state index contributed by atoms with van der Waals surface area (Å²) in [5, 5.41) is 2.76. The minimum atomic E-state index is 0.525. The Morgan fingerprint density at radius 3 is 2.56 bits per heavy atom. The van der Waals surface area contributed by atoms with Crippen LogP contribution in [0, 0.1) is 0 Å². The highest BCUT2D eigenvalue weighted by Gasteiger charge is 2.19. The molecule has 94 valence electrons. The molecule has 1 aliphatic heterocycles. The maximum absolute atomic E-state index is 2.61. The number of rotatable bonds is 2. The van der Waals surface area contributed by atoms with E-state index in [4.69, 9.17) is 0 Å². The second kappa shape index (κ2) is 5.33. The minimum Gasteiger partial charge on any atom is -0.295 e. The van der Waals surface area contributed by atoms with Crippen LogP contribution >= 0.6 is 11.8 Å². The van der Waals surface area contributed by atoms with Gasteiger partial charge in [0.25, 0.3) is 0 Å². The van der Waals surface area contributed by atoms with Gasteiger partial charge in [-0.25, -0.2) is 0 Å². The molecule has 2 heteroatoms. The molecule has 1 atom stereocenters. The predicted molar refractivity (Wildman–Crippen MR) is 81.3 cm³/mol. The van der Waals surface area contributed by atoms with Gasteiger partial charge in [-0.15, -0.1) is 0 Å². The molecule has 0 radical (unpaired) electrons. The normalized spacial score (nSPS) is 18.9. The fourth-order valence-corrected chi connectivity index (χ4v) is 3.71. The lowest BCUT2D eigenvalue weighted by Gasteiger charge is -2.32. The number of nitrogens with zero attached hydrogens (tertiary/aromatic N) is 1. The van der Waals surface area contributed by atoms with Gasteiger partial charge in [-0.3, -0.25) is 4.90 Å². The number of thioether (sulfide) groups is 1. The number of benzene rings is 2. The highest BCUT2D eigenvalue weighted by molar-refractivity contribution is 7.99. The minimum absolute atomic E-state index is 0.525. The Hall–Kier alpha value is -0.990. The topological polar surface area (TPSA) is 3.24 Å². The summed E-state index contributed by atoms with van der Waals surface area (Å²) in [7, 11) is 0. The lowest BCUT2D eigenvalue weighted by atomic mass is 9.99. The van der Waals surface area contributed by atoms with Gasteiger partial charge in [0.1, 0.15) is 0 Å². The van der Waals surface area contributed by atoms with Crippen molar-refractivity contribution in [3.8, 4) is 0 Å². The molecule has 0 bridgehead atoms. The van der Waals surface area contributed by atoms with Gasteiger partial charge in [-0.05, 0) is 23.3 Å². The smallest absolute Gasteiger partial charge is 0.0326 e. The van der Waals surface area contributed by atoms with E-state index in [-0.39, 0.29) is 0 Å². The summed E-state index contributed by atoms with van der Waals surface area (Å²) >= 11 is 2.07. The van der Waals surface area contributed by atoms with E-state index < -0.39 is 0 Å². The second-order valence-electron chi connectivity index (χ2n) is 4.89. The first-order valence-electron chi connectivity index (χ1n) is 6.66. The van der Waals surface area contributed by atoms with Gasteiger partial charge < -0.3 is 0 Å². The molecule has 3 rings (SSSR count). The SMILES string of the molecule is CC(c1cccc2ccccc12)N1CCSCC1. The van der Waals surface area contributed by atoms with Crippen LogP contribution in [-0.2, 0) is 0 Å². The zero-order chi connectivity index (χ0) is 12.4.